The van der Waals surface area contributed by atoms with Crippen LogP contribution in [0.4, 0.5) is 0 Å². The Labute approximate surface area is 85.3 Å². The molecular weight excluding hydrogens is 174 g/mol. The molecule has 2 rings (SSSR count). The molecule has 3 N–H and O–H groups in total. The number of nitrogens with zero attached hydrogens (tertiary/aromatic N) is 1. The molecule has 78 valence electrons. The third-order valence-corrected chi connectivity index (χ3v) is 3.20. The topological polar surface area (TPSA) is 45.0 Å². The minimum Gasteiger partial charge on any atom is -0.362 e. The summed E-state index contributed by atoms with van der Waals surface area (Å²) >= 11 is 0. The SMILES string of the molecule is Cc1cc(C2C(N)CCN2C)c(C)[nH]1. The van der Waals surface area contributed by atoms with Gasteiger partial charge in [0.05, 0.1) is 6.04 Å². The Hall–Kier alpha value is -0.800. The summed E-state index contributed by atoms with van der Waals surface area (Å²) in [7, 11) is 2.15. The number of rotatable bonds is 1. The third kappa shape index (κ3) is 1.47. The first-order chi connectivity index (χ1) is 6.59. The summed E-state index contributed by atoms with van der Waals surface area (Å²) in [5.41, 5.74) is 9.98. The first-order valence-corrected chi connectivity index (χ1v) is 5.21. The largest absolute Gasteiger partial charge is 0.362 e. The molecule has 0 spiro atoms. The Morgan fingerprint density at radius 3 is 2.64 bits per heavy atom. The number of hydrogen-bond donors (Lipinski definition) is 2. The third-order valence-electron chi connectivity index (χ3n) is 3.20. The molecule has 0 saturated carbocycles. The molecule has 14 heavy (non-hydrogen) atoms. The van der Waals surface area contributed by atoms with Gasteiger partial charge in [0.2, 0.25) is 0 Å². The number of nitrogens with one attached hydrogen (secondary N) is 1. The average Bonchev–Trinajstić information content (AvgIpc) is 2.57. The molecule has 0 radical (unpaired) electrons. The van der Waals surface area contributed by atoms with Crippen molar-refractivity contribution in [2.24, 2.45) is 5.73 Å². The van der Waals surface area contributed by atoms with Gasteiger partial charge in [-0.05, 0) is 38.9 Å². The van der Waals surface area contributed by atoms with Crippen LogP contribution in [0.3, 0.4) is 0 Å². The fraction of sp³-hybridized carbons (Fsp3) is 0.636. The Morgan fingerprint density at radius 2 is 2.21 bits per heavy atom. The first-order valence-electron chi connectivity index (χ1n) is 5.21. The number of H-pyrrole nitrogens is 1. The van der Waals surface area contributed by atoms with Gasteiger partial charge < -0.3 is 10.7 Å². The van der Waals surface area contributed by atoms with E-state index in [1.54, 1.807) is 0 Å². The minimum atomic E-state index is 0.286. The quantitative estimate of drug-likeness (QED) is 0.707. The first kappa shape index (κ1) is 9.74. The van der Waals surface area contributed by atoms with E-state index in [1.165, 1.54) is 17.0 Å². The summed E-state index contributed by atoms with van der Waals surface area (Å²) in [6.07, 6.45) is 1.10. The predicted octanol–water partition coefficient (Wildman–Crippen LogP) is 1.34. The number of likely N-dealkylation sites (tertiary alicyclic amines) is 1. The Kier molecular flexibility index (Phi) is 2.37. The second kappa shape index (κ2) is 3.41. The summed E-state index contributed by atoms with van der Waals surface area (Å²) in [4.78, 5) is 5.69. The number of aryl methyl sites for hydroxylation is 2. The lowest BCUT2D eigenvalue weighted by atomic mass is 10.0. The number of likely N-dealkylation sites (N-methyl/N-ethyl adjacent to an activating group) is 1. The van der Waals surface area contributed by atoms with Crippen LogP contribution in [-0.4, -0.2) is 29.5 Å². The summed E-state index contributed by atoms with van der Waals surface area (Å²) in [5, 5.41) is 0. The smallest absolute Gasteiger partial charge is 0.0514 e. The van der Waals surface area contributed by atoms with Crippen LogP contribution >= 0.6 is 0 Å². The van der Waals surface area contributed by atoms with Gasteiger partial charge in [-0.2, -0.15) is 0 Å². The molecule has 3 heteroatoms. The molecule has 1 aliphatic heterocycles. The normalized spacial score (nSPS) is 28.6. The molecule has 3 nitrogen and oxygen atoms in total. The van der Waals surface area contributed by atoms with Crippen molar-refractivity contribution in [1.82, 2.24) is 9.88 Å². The van der Waals surface area contributed by atoms with Crippen LogP contribution in [-0.2, 0) is 0 Å². The number of hydrogen-bond acceptors (Lipinski definition) is 2. The highest BCUT2D eigenvalue weighted by atomic mass is 15.2. The molecule has 2 heterocycles. The fourth-order valence-electron chi connectivity index (χ4n) is 2.50. The van der Waals surface area contributed by atoms with E-state index < -0.39 is 0 Å². The molecule has 1 aliphatic rings. The van der Waals surface area contributed by atoms with Crippen molar-refractivity contribution < 1.29 is 0 Å². The van der Waals surface area contributed by atoms with Crippen LogP contribution in [0.1, 0.15) is 29.4 Å². The molecule has 0 aliphatic carbocycles. The molecule has 1 aromatic heterocycles. The van der Waals surface area contributed by atoms with Crippen LogP contribution in [0.5, 0.6) is 0 Å². The summed E-state index contributed by atoms with van der Waals surface area (Å²) < 4.78 is 0. The van der Waals surface area contributed by atoms with Gasteiger partial charge in [0.25, 0.3) is 0 Å². The Balaban J connectivity index is 2.33. The van der Waals surface area contributed by atoms with E-state index in [2.05, 4.69) is 36.8 Å². The van der Waals surface area contributed by atoms with Crippen LogP contribution in [0.15, 0.2) is 6.07 Å². The lowest BCUT2D eigenvalue weighted by Crippen LogP contribution is -2.29. The van der Waals surface area contributed by atoms with E-state index in [0.29, 0.717) is 6.04 Å². The van der Waals surface area contributed by atoms with Gasteiger partial charge in [-0.3, -0.25) is 4.90 Å². The van der Waals surface area contributed by atoms with Crippen molar-refractivity contribution >= 4 is 0 Å². The van der Waals surface area contributed by atoms with Gasteiger partial charge in [0.1, 0.15) is 0 Å². The Morgan fingerprint density at radius 1 is 1.50 bits per heavy atom. The van der Waals surface area contributed by atoms with E-state index >= 15 is 0 Å². The van der Waals surface area contributed by atoms with Gasteiger partial charge >= 0.3 is 0 Å². The average molecular weight is 193 g/mol. The molecular formula is C11H19N3. The molecule has 1 saturated heterocycles. The van der Waals surface area contributed by atoms with Crippen molar-refractivity contribution in [3.05, 3.63) is 23.0 Å². The van der Waals surface area contributed by atoms with Gasteiger partial charge in [0, 0.05) is 24.0 Å². The van der Waals surface area contributed by atoms with Gasteiger partial charge in [-0.1, -0.05) is 0 Å². The zero-order valence-corrected chi connectivity index (χ0v) is 9.17. The van der Waals surface area contributed by atoms with E-state index in [9.17, 15) is 0 Å². The Bertz CT molecular complexity index is 319. The van der Waals surface area contributed by atoms with Crippen molar-refractivity contribution in [2.45, 2.75) is 32.4 Å². The maximum atomic E-state index is 6.12. The van der Waals surface area contributed by atoms with E-state index in [0.717, 1.165) is 13.0 Å². The molecule has 0 bridgehead atoms. The maximum absolute atomic E-state index is 6.12. The van der Waals surface area contributed by atoms with Gasteiger partial charge in [0.15, 0.2) is 0 Å². The molecule has 0 amide bonds. The van der Waals surface area contributed by atoms with E-state index in [-0.39, 0.29) is 6.04 Å². The monoisotopic (exact) mass is 193 g/mol. The molecule has 0 aromatic carbocycles. The summed E-state index contributed by atoms with van der Waals surface area (Å²) in [6.45, 7) is 5.33. The summed E-state index contributed by atoms with van der Waals surface area (Å²) in [6, 6.07) is 2.91. The second-order valence-corrected chi connectivity index (χ2v) is 4.41. The highest BCUT2D eigenvalue weighted by molar-refractivity contribution is 5.29. The number of aromatic amines is 1. The zero-order chi connectivity index (χ0) is 10.3. The minimum absolute atomic E-state index is 0.286. The molecule has 2 unspecified atom stereocenters. The van der Waals surface area contributed by atoms with Gasteiger partial charge in [-0.15, -0.1) is 0 Å². The number of aromatic nitrogens is 1. The van der Waals surface area contributed by atoms with Crippen LogP contribution in [0.25, 0.3) is 0 Å². The van der Waals surface area contributed by atoms with Crippen LogP contribution in [0, 0.1) is 13.8 Å². The maximum Gasteiger partial charge on any atom is 0.0514 e. The van der Waals surface area contributed by atoms with Gasteiger partial charge in [-0.25, -0.2) is 0 Å². The summed E-state index contributed by atoms with van der Waals surface area (Å²) in [5.74, 6) is 0. The molecule has 2 atom stereocenters. The highest BCUT2D eigenvalue weighted by Crippen LogP contribution is 2.31. The lowest BCUT2D eigenvalue weighted by Gasteiger charge is -2.22. The number of nitrogens with two attached hydrogens (primary N) is 1. The fourth-order valence-corrected chi connectivity index (χ4v) is 2.50. The zero-order valence-electron chi connectivity index (χ0n) is 9.17. The van der Waals surface area contributed by atoms with E-state index in [4.69, 9.17) is 5.73 Å². The standard InChI is InChI=1S/C11H19N3/c1-7-6-9(8(2)13-7)11-10(12)4-5-14(11)3/h6,10-11,13H,4-5,12H2,1-3H3. The van der Waals surface area contributed by atoms with Crippen molar-refractivity contribution in [3.63, 3.8) is 0 Å². The van der Waals surface area contributed by atoms with Crippen molar-refractivity contribution in [3.8, 4) is 0 Å². The second-order valence-electron chi connectivity index (χ2n) is 4.41. The van der Waals surface area contributed by atoms with Crippen molar-refractivity contribution in [2.75, 3.05) is 13.6 Å². The lowest BCUT2D eigenvalue weighted by molar-refractivity contribution is 0.303. The van der Waals surface area contributed by atoms with Crippen LogP contribution in [0.2, 0.25) is 0 Å². The predicted molar refractivity (Wildman–Crippen MR) is 58.2 cm³/mol. The van der Waals surface area contributed by atoms with E-state index in [1.807, 2.05) is 0 Å². The molecule has 1 aromatic rings. The molecule has 1 fully saturated rings. The van der Waals surface area contributed by atoms with Crippen LogP contribution < -0.4 is 5.73 Å². The highest BCUT2D eigenvalue weighted by Gasteiger charge is 2.31. The van der Waals surface area contributed by atoms with Crippen molar-refractivity contribution in [1.29, 1.82) is 0 Å².